The van der Waals surface area contributed by atoms with Crippen LogP contribution in [0.15, 0.2) is 30.6 Å². The number of fused-ring (bicyclic) bond motifs is 1. The molecule has 0 bridgehead atoms. The lowest BCUT2D eigenvalue weighted by Gasteiger charge is -2.08. The zero-order chi connectivity index (χ0) is 18.0. The molecule has 0 aliphatic heterocycles. The Morgan fingerprint density at radius 3 is 2.88 bits per heavy atom. The zero-order valence-corrected chi connectivity index (χ0v) is 15.0. The first-order valence-corrected chi connectivity index (χ1v) is 8.71. The van der Waals surface area contributed by atoms with Crippen LogP contribution in [-0.4, -0.2) is 22.5 Å². The number of thiophene rings is 1. The van der Waals surface area contributed by atoms with E-state index in [0.717, 1.165) is 10.9 Å². The van der Waals surface area contributed by atoms with Crippen molar-refractivity contribution in [3.05, 3.63) is 46.9 Å². The Balaban J connectivity index is 1.97. The summed E-state index contributed by atoms with van der Waals surface area (Å²) in [5.41, 5.74) is 1.34. The normalized spacial score (nSPS) is 11.1. The Bertz CT molecular complexity index is 924. The van der Waals surface area contributed by atoms with Gasteiger partial charge in [-0.3, -0.25) is 0 Å². The Kier molecular flexibility index (Phi) is 4.94. The van der Waals surface area contributed by atoms with Crippen molar-refractivity contribution in [3.63, 3.8) is 0 Å². The Labute approximate surface area is 148 Å². The molecule has 0 atom stereocenters. The van der Waals surface area contributed by atoms with E-state index in [0.29, 0.717) is 27.8 Å². The summed E-state index contributed by atoms with van der Waals surface area (Å²) in [5.74, 6) is 0.108. The van der Waals surface area contributed by atoms with Crippen LogP contribution in [0.4, 0.5) is 15.9 Å². The first kappa shape index (κ1) is 17.3. The van der Waals surface area contributed by atoms with Gasteiger partial charge in [-0.05, 0) is 36.6 Å². The monoisotopic (exact) mass is 359 g/mol. The number of rotatable bonds is 5. The summed E-state index contributed by atoms with van der Waals surface area (Å²) < 4.78 is 18.7. The minimum atomic E-state index is -0.356. The SMILES string of the molecule is Cc1c(C(=O)OCC(C)C)sc2ncnc(Nc3cccc(F)c3)c12. The number of esters is 1. The molecular weight excluding hydrogens is 341 g/mol. The first-order chi connectivity index (χ1) is 12.0. The molecule has 0 fully saturated rings. The van der Waals surface area contributed by atoms with Crippen LogP contribution >= 0.6 is 11.3 Å². The maximum absolute atomic E-state index is 13.4. The number of anilines is 2. The van der Waals surface area contributed by atoms with Crippen molar-refractivity contribution in [1.29, 1.82) is 0 Å². The van der Waals surface area contributed by atoms with Gasteiger partial charge in [0.05, 0.1) is 12.0 Å². The number of halogens is 1. The number of aryl methyl sites for hydroxylation is 1. The van der Waals surface area contributed by atoms with Gasteiger partial charge in [0.25, 0.3) is 0 Å². The average Bonchev–Trinajstić information content (AvgIpc) is 2.91. The highest BCUT2D eigenvalue weighted by atomic mass is 32.1. The highest BCUT2D eigenvalue weighted by Gasteiger charge is 2.20. The van der Waals surface area contributed by atoms with Gasteiger partial charge in [-0.25, -0.2) is 19.2 Å². The van der Waals surface area contributed by atoms with Crippen LogP contribution in [0, 0.1) is 18.7 Å². The smallest absolute Gasteiger partial charge is 0.348 e. The van der Waals surface area contributed by atoms with Crippen LogP contribution < -0.4 is 5.32 Å². The number of aromatic nitrogens is 2. The molecule has 1 N–H and O–H groups in total. The van der Waals surface area contributed by atoms with Crippen molar-refractivity contribution >= 4 is 39.0 Å². The van der Waals surface area contributed by atoms with E-state index in [9.17, 15) is 9.18 Å². The van der Waals surface area contributed by atoms with Gasteiger partial charge in [-0.2, -0.15) is 0 Å². The van der Waals surface area contributed by atoms with Gasteiger partial charge in [0, 0.05) is 5.69 Å². The lowest BCUT2D eigenvalue weighted by atomic mass is 10.2. The Morgan fingerprint density at radius 1 is 1.36 bits per heavy atom. The fourth-order valence-corrected chi connectivity index (χ4v) is 3.41. The van der Waals surface area contributed by atoms with Gasteiger partial charge in [-0.1, -0.05) is 19.9 Å². The van der Waals surface area contributed by atoms with E-state index in [1.165, 1.54) is 29.8 Å². The maximum atomic E-state index is 13.4. The summed E-state index contributed by atoms with van der Waals surface area (Å²) in [6.07, 6.45) is 1.42. The highest BCUT2D eigenvalue weighted by Crippen LogP contribution is 2.34. The zero-order valence-electron chi connectivity index (χ0n) is 14.2. The summed E-state index contributed by atoms with van der Waals surface area (Å²) in [7, 11) is 0. The van der Waals surface area contributed by atoms with Crippen LogP contribution in [0.2, 0.25) is 0 Å². The van der Waals surface area contributed by atoms with Crippen LogP contribution in [0.5, 0.6) is 0 Å². The van der Waals surface area contributed by atoms with Gasteiger partial charge in [0.15, 0.2) is 0 Å². The van der Waals surface area contributed by atoms with Crippen molar-refractivity contribution in [2.45, 2.75) is 20.8 Å². The number of carbonyl (C=O) groups is 1. The molecular formula is C18H18FN3O2S. The van der Waals surface area contributed by atoms with Gasteiger partial charge < -0.3 is 10.1 Å². The number of nitrogens with zero attached hydrogens (tertiary/aromatic N) is 2. The molecule has 1 aromatic carbocycles. The Morgan fingerprint density at radius 2 is 2.16 bits per heavy atom. The molecule has 0 aliphatic carbocycles. The third-order valence-electron chi connectivity index (χ3n) is 3.55. The molecule has 3 aromatic rings. The van der Waals surface area contributed by atoms with Gasteiger partial charge >= 0.3 is 5.97 Å². The average molecular weight is 359 g/mol. The van der Waals surface area contributed by atoms with E-state index < -0.39 is 0 Å². The topological polar surface area (TPSA) is 64.1 Å². The molecule has 5 nitrogen and oxygen atoms in total. The second-order valence-electron chi connectivity index (χ2n) is 6.09. The lowest BCUT2D eigenvalue weighted by Crippen LogP contribution is -2.09. The largest absolute Gasteiger partial charge is 0.461 e. The molecule has 0 saturated heterocycles. The summed E-state index contributed by atoms with van der Waals surface area (Å²) in [5, 5.41) is 3.84. The summed E-state index contributed by atoms with van der Waals surface area (Å²) in [6, 6.07) is 6.12. The third kappa shape index (κ3) is 3.76. The van der Waals surface area contributed by atoms with Crippen LogP contribution in [-0.2, 0) is 4.74 Å². The summed E-state index contributed by atoms with van der Waals surface area (Å²) in [6.45, 7) is 6.17. The molecule has 0 radical (unpaired) electrons. The number of hydrogen-bond acceptors (Lipinski definition) is 6. The molecule has 7 heteroatoms. The maximum Gasteiger partial charge on any atom is 0.348 e. The Hall–Kier alpha value is -2.54. The lowest BCUT2D eigenvalue weighted by molar-refractivity contribution is 0.0464. The first-order valence-electron chi connectivity index (χ1n) is 7.89. The van der Waals surface area contributed by atoms with Gasteiger partial charge in [-0.15, -0.1) is 11.3 Å². The predicted molar refractivity (Wildman–Crippen MR) is 97.0 cm³/mol. The summed E-state index contributed by atoms with van der Waals surface area (Å²) in [4.78, 5) is 22.0. The van der Waals surface area contributed by atoms with E-state index in [-0.39, 0.29) is 17.7 Å². The van der Waals surface area contributed by atoms with Crippen molar-refractivity contribution < 1.29 is 13.9 Å². The molecule has 0 aliphatic rings. The van der Waals surface area contributed by atoms with Crippen molar-refractivity contribution in [2.24, 2.45) is 5.92 Å². The van der Waals surface area contributed by atoms with Crippen molar-refractivity contribution in [3.8, 4) is 0 Å². The molecule has 0 unspecified atom stereocenters. The third-order valence-corrected chi connectivity index (χ3v) is 4.73. The summed E-state index contributed by atoms with van der Waals surface area (Å²) >= 11 is 1.27. The number of hydrogen-bond donors (Lipinski definition) is 1. The number of benzene rings is 1. The molecule has 0 saturated carbocycles. The predicted octanol–water partition coefficient (Wildman–Crippen LogP) is 4.70. The van der Waals surface area contributed by atoms with Gasteiger partial charge in [0.1, 0.15) is 27.7 Å². The van der Waals surface area contributed by atoms with Gasteiger partial charge in [0.2, 0.25) is 0 Å². The minimum Gasteiger partial charge on any atom is -0.461 e. The quantitative estimate of drug-likeness (QED) is 0.669. The van der Waals surface area contributed by atoms with E-state index in [1.807, 2.05) is 20.8 Å². The van der Waals surface area contributed by atoms with E-state index in [1.54, 1.807) is 12.1 Å². The van der Waals surface area contributed by atoms with E-state index in [2.05, 4.69) is 15.3 Å². The number of carbonyl (C=O) groups excluding carboxylic acids is 1. The molecule has 2 aromatic heterocycles. The fourth-order valence-electron chi connectivity index (χ4n) is 2.37. The van der Waals surface area contributed by atoms with Crippen molar-refractivity contribution in [1.82, 2.24) is 9.97 Å². The fraction of sp³-hybridized carbons (Fsp3) is 0.278. The number of nitrogens with one attached hydrogen (secondary N) is 1. The molecule has 130 valence electrons. The minimum absolute atomic E-state index is 0.267. The molecule has 25 heavy (non-hydrogen) atoms. The molecule has 2 heterocycles. The second-order valence-corrected chi connectivity index (χ2v) is 7.09. The van der Waals surface area contributed by atoms with E-state index >= 15 is 0 Å². The highest BCUT2D eigenvalue weighted by molar-refractivity contribution is 7.20. The van der Waals surface area contributed by atoms with Crippen LogP contribution in [0.25, 0.3) is 10.2 Å². The van der Waals surface area contributed by atoms with Crippen molar-refractivity contribution in [2.75, 3.05) is 11.9 Å². The van der Waals surface area contributed by atoms with Crippen LogP contribution in [0.3, 0.4) is 0 Å². The second kappa shape index (κ2) is 7.14. The molecule has 3 rings (SSSR count). The molecule has 0 amide bonds. The van der Waals surface area contributed by atoms with E-state index in [4.69, 9.17) is 4.74 Å². The van der Waals surface area contributed by atoms with Crippen LogP contribution in [0.1, 0.15) is 29.1 Å². The molecule has 0 spiro atoms. The number of ether oxygens (including phenoxy) is 1. The standard InChI is InChI=1S/C18H18FN3O2S/c1-10(2)8-24-18(23)15-11(3)14-16(20-9-21-17(14)25-15)22-13-6-4-5-12(19)7-13/h4-7,9-10H,8H2,1-3H3,(H,20,21,22).